The molecule has 5 heteroatoms. The summed E-state index contributed by atoms with van der Waals surface area (Å²) in [6.45, 7) is 0. The van der Waals surface area contributed by atoms with Crippen molar-refractivity contribution < 1.29 is 17.9 Å². The average Bonchev–Trinajstić information content (AvgIpc) is 1.80. The molecule has 0 spiro atoms. The molecule has 0 fully saturated rings. The minimum atomic E-state index is -4.43. The molecule has 0 rings (SSSR count). The van der Waals surface area contributed by atoms with Crippen LogP contribution in [0, 0.1) is 11.3 Å². The van der Waals surface area contributed by atoms with Gasteiger partial charge in [-0.1, -0.05) is 0 Å². The van der Waals surface area contributed by atoms with Gasteiger partial charge in [0.05, 0.1) is 12.5 Å². The average molecular weight is 153 g/mol. The SMILES string of the molecule is COC(CC#N)C(F)(F)F. The van der Waals surface area contributed by atoms with Gasteiger partial charge in [-0.3, -0.25) is 0 Å². The highest BCUT2D eigenvalue weighted by molar-refractivity contribution is 4.80. The maximum Gasteiger partial charge on any atom is 0.415 e. The molecule has 0 radical (unpaired) electrons. The van der Waals surface area contributed by atoms with Crippen LogP contribution in [0.1, 0.15) is 6.42 Å². The summed E-state index contributed by atoms with van der Waals surface area (Å²) in [4.78, 5) is 0. The molecule has 0 bridgehead atoms. The molecule has 0 aliphatic carbocycles. The van der Waals surface area contributed by atoms with Crippen LogP contribution in [-0.4, -0.2) is 19.4 Å². The lowest BCUT2D eigenvalue weighted by molar-refractivity contribution is -0.210. The van der Waals surface area contributed by atoms with E-state index in [1.54, 1.807) is 0 Å². The Balaban J connectivity index is 3.97. The zero-order chi connectivity index (χ0) is 8.20. The number of halogens is 3. The van der Waals surface area contributed by atoms with Crippen molar-refractivity contribution in [1.29, 1.82) is 5.26 Å². The number of hydrogen-bond acceptors (Lipinski definition) is 2. The molecule has 0 aliphatic heterocycles. The monoisotopic (exact) mass is 153 g/mol. The van der Waals surface area contributed by atoms with Crippen molar-refractivity contribution in [3.8, 4) is 6.07 Å². The highest BCUT2D eigenvalue weighted by Crippen LogP contribution is 2.24. The Bertz CT molecular complexity index is 137. The van der Waals surface area contributed by atoms with E-state index >= 15 is 0 Å². The summed E-state index contributed by atoms with van der Waals surface area (Å²) in [5, 5.41) is 7.90. The molecule has 0 heterocycles. The van der Waals surface area contributed by atoms with E-state index in [9.17, 15) is 13.2 Å². The summed E-state index contributed by atoms with van der Waals surface area (Å²) in [7, 11) is 0.926. The Morgan fingerprint density at radius 3 is 2.20 bits per heavy atom. The highest BCUT2D eigenvalue weighted by Gasteiger charge is 2.39. The third-order valence-electron chi connectivity index (χ3n) is 0.926. The van der Waals surface area contributed by atoms with Crippen LogP contribution in [0.15, 0.2) is 0 Å². The smallest absolute Gasteiger partial charge is 0.371 e. The third-order valence-corrected chi connectivity index (χ3v) is 0.926. The minimum Gasteiger partial charge on any atom is -0.371 e. The second kappa shape index (κ2) is 3.42. The first-order valence-electron chi connectivity index (χ1n) is 2.48. The fraction of sp³-hybridized carbons (Fsp3) is 0.800. The van der Waals surface area contributed by atoms with E-state index in [-0.39, 0.29) is 0 Å². The molecule has 0 aromatic carbocycles. The second-order valence-electron chi connectivity index (χ2n) is 1.63. The molecule has 1 unspecified atom stereocenters. The first kappa shape index (κ1) is 9.24. The summed E-state index contributed by atoms with van der Waals surface area (Å²) in [5.41, 5.74) is 0. The number of ether oxygens (including phenoxy) is 1. The largest absolute Gasteiger partial charge is 0.415 e. The predicted molar refractivity (Wildman–Crippen MR) is 27.1 cm³/mol. The lowest BCUT2D eigenvalue weighted by Gasteiger charge is -2.14. The fourth-order valence-electron chi connectivity index (χ4n) is 0.416. The van der Waals surface area contributed by atoms with Crippen LogP contribution in [0.3, 0.4) is 0 Å². The van der Waals surface area contributed by atoms with Crippen LogP contribution >= 0.6 is 0 Å². The van der Waals surface area contributed by atoms with E-state index in [0.717, 1.165) is 7.11 Å². The molecular formula is C5H6F3NO. The second-order valence-corrected chi connectivity index (χ2v) is 1.63. The van der Waals surface area contributed by atoms with Crippen molar-refractivity contribution in [2.75, 3.05) is 7.11 Å². The summed E-state index contributed by atoms with van der Waals surface area (Å²) in [6, 6.07) is 1.38. The van der Waals surface area contributed by atoms with Gasteiger partial charge in [-0.25, -0.2) is 0 Å². The molecule has 58 valence electrons. The topological polar surface area (TPSA) is 33.0 Å². The molecule has 0 aromatic heterocycles. The van der Waals surface area contributed by atoms with Crippen molar-refractivity contribution in [2.45, 2.75) is 18.7 Å². The van der Waals surface area contributed by atoms with E-state index in [1.807, 2.05) is 0 Å². The molecule has 0 saturated carbocycles. The molecule has 1 atom stereocenters. The van der Waals surface area contributed by atoms with Crippen LogP contribution in [-0.2, 0) is 4.74 Å². The Hall–Kier alpha value is -0.760. The molecule has 0 aromatic rings. The zero-order valence-corrected chi connectivity index (χ0v) is 5.27. The van der Waals surface area contributed by atoms with Gasteiger partial charge in [0.1, 0.15) is 0 Å². The van der Waals surface area contributed by atoms with Gasteiger partial charge in [0, 0.05) is 7.11 Å². The Morgan fingerprint density at radius 2 is 2.10 bits per heavy atom. The van der Waals surface area contributed by atoms with Crippen molar-refractivity contribution in [3.63, 3.8) is 0 Å². The predicted octanol–water partition coefficient (Wildman–Crippen LogP) is 1.48. The maximum atomic E-state index is 11.6. The van der Waals surface area contributed by atoms with Crippen LogP contribution in [0.2, 0.25) is 0 Å². The third kappa shape index (κ3) is 2.69. The minimum absolute atomic E-state index is 0.653. The number of nitrogens with zero attached hydrogens (tertiary/aromatic N) is 1. The highest BCUT2D eigenvalue weighted by atomic mass is 19.4. The van der Waals surface area contributed by atoms with Gasteiger partial charge < -0.3 is 4.74 Å². The van der Waals surface area contributed by atoms with E-state index < -0.39 is 18.7 Å². The number of rotatable bonds is 2. The maximum absolute atomic E-state index is 11.6. The van der Waals surface area contributed by atoms with Crippen molar-refractivity contribution in [1.82, 2.24) is 0 Å². The van der Waals surface area contributed by atoms with Crippen molar-refractivity contribution >= 4 is 0 Å². The van der Waals surface area contributed by atoms with Gasteiger partial charge in [-0.2, -0.15) is 18.4 Å². The molecule has 10 heavy (non-hydrogen) atoms. The van der Waals surface area contributed by atoms with Crippen LogP contribution < -0.4 is 0 Å². The number of methoxy groups -OCH3 is 1. The summed E-state index contributed by atoms with van der Waals surface area (Å²) < 4.78 is 38.9. The standard InChI is InChI=1S/C5H6F3NO/c1-10-4(2-3-9)5(6,7)8/h4H,2H2,1H3. The Labute approximate surface area is 56.2 Å². The van der Waals surface area contributed by atoms with Gasteiger partial charge in [0.15, 0.2) is 6.10 Å². The molecule has 0 amide bonds. The van der Waals surface area contributed by atoms with E-state index in [2.05, 4.69) is 4.74 Å². The molecule has 2 nitrogen and oxygen atoms in total. The quantitative estimate of drug-likeness (QED) is 0.601. The first-order chi connectivity index (χ1) is 4.52. The number of hydrogen-bond donors (Lipinski definition) is 0. The van der Waals surface area contributed by atoms with Gasteiger partial charge >= 0.3 is 6.18 Å². The lowest BCUT2D eigenvalue weighted by Crippen LogP contribution is -2.29. The molecule has 0 saturated heterocycles. The van der Waals surface area contributed by atoms with Crippen LogP contribution in [0.25, 0.3) is 0 Å². The molecular weight excluding hydrogens is 147 g/mol. The van der Waals surface area contributed by atoms with E-state index in [1.165, 1.54) is 6.07 Å². The molecule has 0 N–H and O–H groups in total. The Morgan fingerprint density at radius 1 is 1.60 bits per heavy atom. The normalized spacial score (nSPS) is 14.3. The van der Waals surface area contributed by atoms with Crippen molar-refractivity contribution in [2.24, 2.45) is 0 Å². The first-order valence-corrected chi connectivity index (χ1v) is 2.48. The number of nitriles is 1. The Kier molecular flexibility index (Phi) is 3.16. The van der Waals surface area contributed by atoms with Crippen molar-refractivity contribution in [3.05, 3.63) is 0 Å². The number of alkyl halides is 3. The van der Waals surface area contributed by atoms with E-state index in [0.29, 0.717) is 0 Å². The van der Waals surface area contributed by atoms with E-state index in [4.69, 9.17) is 5.26 Å². The van der Waals surface area contributed by atoms with Gasteiger partial charge in [-0.05, 0) is 0 Å². The van der Waals surface area contributed by atoms with Gasteiger partial charge in [-0.15, -0.1) is 0 Å². The molecule has 0 aliphatic rings. The fourth-order valence-corrected chi connectivity index (χ4v) is 0.416. The summed E-state index contributed by atoms with van der Waals surface area (Å²) in [6.07, 6.45) is -7.03. The zero-order valence-electron chi connectivity index (χ0n) is 5.27. The summed E-state index contributed by atoms with van der Waals surface area (Å²) in [5.74, 6) is 0. The van der Waals surface area contributed by atoms with Crippen LogP contribution in [0.5, 0.6) is 0 Å². The van der Waals surface area contributed by atoms with Gasteiger partial charge in [0.25, 0.3) is 0 Å². The van der Waals surface area contributed by atoms with Gasteiger partial charge in [0.2, 0.25) is 0 Å². The van der Waals surface area contributed by atoms with Crippen LogP contribution in [0.4, 0.5) is 13.2 Å². The lowest BCUT2D eigenvalue weighted by atomic mass is 10.3. The summed E-state index contributed by atoms with van der Waals surface area (Å²) >= 11 is 0.